The van der Waals surface area contributed by atoms with Crippen LogP contribution in [0.5, 0.6) is 5.75 Å². The Bertz CT molecular complexity index is 407. The third-order valence-corrected chi connectivity index (χ3v) is 2.04. The van der Waals surface area contributed by atoms with E-state index in [2.05, 4.69) is 9.73 Å². The molecule has 0 atom stereocenters. The van der Waals surface area contributed by atoms with E-state index in [1.165, 1.54) is 7.11 Å². The fourth-order valence-corrected chi connectivity index (χ4v) is 1.12. The van der Waals surface area contributed by atoms with Gasteiger partial charge in [0.1, 0.15) is 12.3 Å². The van der Waals surface area contributed by atoms with E-state index in [1.807, 2.05) is 30.3 Å². The highest BCUT2D eigenvalue weighted by Gasteiger charge is 1.93. The lowest BCUT2D eigenvalue weighted by molar-refractivity contribution is -0.138. The molecule has 1 rings (SSSR count). The molecule has 0 amide bonds. The predicted octanol–water partition coefficient (Wildman–Crippen LogP) is 1.95. The maximum absolute atomic E-state index is 10.7. The fraction of sp³-hybridized carbons (Fsp3) is 0.231. The van der Waals surface area contributed by atoms with Crippen LogP contribution < -0.4 is 4.74 Å². The standard InChI is InChI=1S/C13H15NO3/c1-16-12-7-5-11(6-8-12)4-3-9-14-10-13(15)17-2/h3-9H,10H2,1-2H3/b4-3+,14-9?. The van der Waals surface area contributed by atoms with Gasteiger partial charge in [0, 0.05) is 6.21 Å². The Hall–Kier alpha value is -2.10. The summed E-state index contributed by atoms with van der Waals surface area (Å²) in [5.74, 6) is 0.473. The second-order valence-corrected chi connectivity index (χ2v) is 3.20. The molecule has 4 nitrogen and oxygen atoms in total. The molecule has 90 valence electrons. The van der Waals surface area contributed by atoms with Gasteiger partial charge in [-0.15, -0.1) is 0 Å². The van der Waals surface area contributed by atoms with Crippen LogP contribution in [0.2, 0.25) is 0 Å². The molecule has 1 aromatic carbocycles. The van der Waals surface area contributed by atoms with Crippen molar-refractivity contribution in [2.24, 2.45) is 4.99 Å². The van der Waals surface area contributed by atoms with Gasteiger partial charge in [0.2, 0.25) is 0 Å². The van der Waals surface area contributed by atoms with Crippen molar-refractivity contribution in [3.8, 4) is 5.75 Å². The third kappa shape index (κ3) is 4.97. The SMILES string of the molecule is COC(=O)CN=C/C=C/c1ccc(OC)cc1. The molecule has 0 aromatic heterocycles. The van der Waals surface area contributed by atoms with Crippen LogP contribution in [-0.4, -0.2) is 32.9 Å². The van der Waals surface area contributed by atoms with E-state index in [0.717, 1.165) is 11.3 Å². The van der Waals surface area contributed by atoms with E-state index in [9.17, 15) is 4.79 Å². The minimum atomic E-state index is -0.348. The largest absolute Gasteiger partial charge is 0.497 e. The second kappa shape index (κ2) is 7.22. The number of nitrogens with zero attached hydrogens (tertiary/aromatic N) is 1. The molecule has 0 aliphatic heterocycles. The van der Waals surface area contributed by atoms with Crippen LogP contribution in [0.15, 0.2) is 35.3 Å². The molecule has 0 heterocycles. The zero-order chi connectivity index (χ0) is 12.5. The molecule has 0 aliphatic carbocycles. The number of esters is 1. The van der Waals surface area contributed by atoms with Gasteiger partial charge in [0.05, 0.1) is 14.2 Å². The van der Waals surface area contributed by atoms with Gasteiger partial charge in [0.15, 0.2) is 0 Å². The van der Waals surface area contributed by atoms with Gasteiger partial charge in [-0.2, -0.15) is 0 Å². The lowest BCUT2D eigenvalue weighted by atomic mass is 10.2. The number of hydrogen-bond donors (Lipinski definition) is 0. The third-order valence-electron chi connectivity index (χ3n) is 2.04. The molecule has 17 heavy (non-hydrogen) atoms. The van der Waals surface area contributed by atoms with Crippen molar-refractivity contribution < 1.29 is 14.3 Å². The number of aliphatic imine (C=N–C) groups is 1. The summed E-state index contributed by atoms with van der Waals surface area (Å²) in [4.78, 5) is 14.6. The zero-order valence-corrected chi connectivity index (χ0v) is 9.92. The number of hydrogen-bond acceptors (Lipinski definition) is 4. The van der Waals surface area contributed by atoms with Crippen LogP contribution in [0, 0.1) is 0 Å². The van der Waals surface area contributed by atoms with E-state index in [-0.39, 0.29) is 12.5 Å². The highest BCUT2D eigenvalue weighted by molar-refractivity contribution is 5.81. The second-order valence-electron chi connectivity index (χ2n) is 3.20. The van der Waals surface area contributed by atoms with Gasteiger partial charge in [-0.25, -0.2) is 0 Å². The highest BCUT2D eigenvalue weighted by Crippen LogP contribution is 2.11. The van der Waals surface area contributed by atoms with Crippen molar-refractivity contribution in [2.45, 2.75) is 0 Å². The van der Waals surface area contributed by atoms with E-state index in [1.54, 1.807) is 19.4 Å². The van der Waals surface area contributed by atoms with Gasteiger partial charge in [-0.3, -0.25) is 9.79 Å². The van der Waals surface area contributed by atoms with Gasteiger partial charge < -0.3 is 9.47 Å². The van der Waals surface area contributed by atoms with Crippen molar-refractivity contribution in [2.75, 3.05) is 20.8 Å². The number of allylic oxidation sites excluding steroid dienone is 1. The lowest BCUT2D eigenvalue weighted by Crippen LogP contribution is -2.03. The highest BCUT2D eigenvalue weighted by atomic mass is 16.5. The summed E-state index contributed by atoms with van der Waals surface area (Å²) in [5, 5.41) is 0. The number of benzene rings is 1. The first-order chi connectivity index (χ1) is 8.26. The predicted molar refractivity (Wildman–Crippen MR) is 67.4 cm³/mol. The van der Waals surface area contributed by atoms with Gasteiger partial charge in [0.25, 0.3) is 0 Å². The molecule has 4 heteroatoms. The Morgan fingerprint density at radius 1 is 1.29 bits per heavy atom. The smallest absolute Gasteiger partial charge is 0.327 e. The Morgan fingerprint density at radius 2 is 2.00 bits per heavy atom. The summed E-state index contributed by atoms with van der Waals surface area (Å²) >= 11 is 0. The molecule has 1 aromatic rings. The molecule has 0 radical (unpaired) electrons. The minimum absolute atomic E-state index is 0.0451. The van der Waals surface area contributed by atoms with Crippen molar-refractivity contribution in [3.05, 3.63) is 35.9 Å². The molecular weight excluding hydrogens is 218 g/mol. The van der Waals surface area contributed by atoms with Gasteiger partial charge in [-0.1, -0.05) is 18.2 Å². The molecule has 0 saturated carbocycles. The van der Waals surface area contributed by atoms with Crippen molar-refractivity contribution in [1.29, 1.82) is 0 Å². The zero-order valence-electron chi connectivity index (χ0n) is 9.92. The molecule has 0 aliphatic rings. The topological polar surface area (TPSA) is 47.9 Å². The molecule has 0 N–H and O–H groups in total. The van der Waals surface area contributed by atoms with Crippen LogP contribution in [-0.2, 0) is 9.53 Å². The number of carbonyl (C=O) groups is 1. The Balaban J connectivity index is 2.44. The van der Waals surface area contributed by atoms with Crippen LogP contribution in [0.25, 0.3) is 6.08 Å². The van der Waals surface area contributed by atoms with Crippen LogP contribution >= 0.6 is 0 Å². The average molecular weight is 233 g/mol. The summed E-state index contributed by atoms with van der Waals surface area (Å²) in [5.41, 5.74) is 1.04. The van der Waals surface area contributed by atoms with Crippen LogP contribution in [0.3, 0.4) is 0 Å². The van der Waals surface area contributed by atoms with E-state index in [0.29, 0.717) is 0 Å². The summed E-state index contributed by atoms with van der Waals surface area (Å²) in [6.07, 6.45) is 5.23. The maximum atomic E-state index is 10.7. The lowest BCUT2D eigenvalue weighted by Gasteiger charge is -1.98. The Morgan fingerprint density at radius 3 is 2.59 bits per heavy atom. The Labute approximate surface area is 101 Å². The van der Waals surface area contributed by atoms with E-state index in [4.69, 9.17) is 4.74 Å². The molecule has 0 saturated heterocycles. The van der Waals surface area contributed by atoms with E-state index >= 15 is 0 Å². The molecule has 0 spiro atoms. The summed E-state index contributed by atoms with van der Waals surface area (Å²) in [6.45, 7) is 0.0451. The first-order valence-electron chi connectivity index (χ1n) is 5.13. The van der Waals surface area contributed by atoms with Gasteiger partial charge >= 0.3 is 5.97 Å². The van der Waals surface area contributed by atoms with Crippen molar-refractivity contribution >= 4 is 18.3 Å². The number of methoxy groups -OCH3 is 2. The fourth-order valence-electron chi connectivity index (χ4n) is 1.12. The molecule has 0 fully saturated rings. The first-order valence-corrected chi connectivity index (χ1v) is 5.13. The summed E-state index contributed by atoms with van der Waals surface area (Å²) in [7, 11) is 2.97. The van der Waals surface area contributed by atoms with Crippen LogP contribution in [0.4, 0.5) is 0 Å². The monoisotopic (exact) mass is 233 g/mol. The van der Waals surface area contributed by atoms with Crippen molar-refractivity contribution in [1.82, 2.24) is 0 Å². The first kappa shape index (κ1) is 13.0. The van der Waals surface area contributed by atoms with Gasteiger partial charge in [-0.05, 0) is 23.8 Å². The quantitative estimate of drug-likeness (QED) is 0.577. The van der Waals surface area contributed by atoms with Crippen molar-refractivity contribution in [3.63, 3.8) is 0 Å². The number of ether oxygens (including phenoxy) is 2. The summed E-state index contributed by atoms with van der Waals surface area (Å²) in [6, 6.07) is 7.63. The minimum Gasteiger partial charge on any atom is -0.497 e. The molecule has 0 unspecified atom stereocenters. The number of rotatable bonds is 5. The average Bonchev–Trinajstić information content (AvgIpc) is 2.38. The van der Waals surface area contributed by atoms with E-state index < -0.39 is 0 Å². The maximum Gasteiger partial charge on any atom is 0.327 e. The molecule has 0 bridgehead atoms. The van der Waals surface area contributed by atoms with Crippen LogP contribution in [0.1, 0.15) is 5.56 Å². The normalized spacial score (nSPS) is 10.9. The Kier molecular flexibility index (Phi) is 5.51. The number of carbonyl (C=O) groups excluding carboxylic acids is 1. The molecular formula is C13H15NO3. The summed E-state index contributed by atoms with van der Waals surface area (Å²) < 4.78 is 9.50.